The quantitative estimate of drug-likeness (QED) is 0.856. The molecule has 1 aliphatic rings. The van der Waals surface area contributed by atoms with Gasteiger partial charge < -0.3 is 15.5 Å². The lowest BCUT2D eigenvalue weighted by molar-refractivity contribution is -0.117. The first-order valence-electron chi connectivity index (χ1n) is 6.97. The summed E-state index contributed by atoms with van der Waals surface area (Å²) in [6.45, 7) is 5.42. The van der Waals surface area contributed by atoms with Crippen LogP contribution in [-0.2, 0) is 4.79 Å². The van der Waals surface area contributed by atoms with Gasteiger partial charge in [-0.1, -0.05) is 0 Å². The number of carbonyl (C=O) groups excluding carboxylic acids is 1. The fraction of sp³-hybridized carbons (Fsp3) is 0.467. The zero-order valence-electron chi connectivity index (χ0n) is 12.4. The first kappa shape index (κ1) is 15.8. The third kappa shape index (κ3) is 3.04. The molecule has 0 fully saturated rings. The van der Waals surface area contributed by atoms with Crippen LogP contribution in [0.1, 0.15) is 25.5 Å². The van der Waals surface area contributed by atoms with Crippen LogP contribution in [0.2, 0.25) is 0 Å². The van der Waals surface area contributed by atoms with Crippen LogP contribution in [0.4, 0.5) is 11.4 Å². The van der Waals surface area contributed by atoms with Gasteiger partial charge in [0.15, 0.2) is 0 Å². The van der Waals surface area contributed by atoms with Gasteiger partial charge in [-0.3, -0.25) is 4.79 Å². The van der Waals surface area contributed by atoms with Crippen LogP contribution in [-0.4, -0.2) is 26.0 Å². The second kappa shape index (κ2) is 6.46. The van der Waals surface area contributed by atoms with Crippen LogP contribution >= 0.6 is 15.9 Å². The van der Waals surface area contributed by atoms with Crippen LogP contribution in [0.3, 0.4) is 0 Å². The summed E-state index contributed by atoms with van der Waals surface area (Å²) >= 11 is 3.59. The van der Waals surface area contributed by atoms with E-state index in [-0.39, 0.29) is 17.9 Å². The van der Waals surface area contributed by atoms with Crippen LogP contribution in [0.25, 0.3) is 0 Å². The minimum absolute atomic E-state index is 0.0370. The number of rotatable bonds is 5. The standard InChI is InChI=1S/C15H19BrN4O/c1-4-20(8-9(2)7-17)13-6-12-10(5-11(13)16)14(18-3)15(21)19-12/h5-6,9,14,18H,4,8H2,1-3H3,(H,19,21). The van der Waals surface area contributed by atoms with Crippen LogP contribution in [0, 0.1) is 17.2 Å². The third-order valence-corrected chi connectivity index (χ3v) is 4.31. The normalized spacial score (nSPS) is 17.9. The molecular weight excluding hydrogens is 332 g/mol. The van der Waals surface area contributed by atoms with E-state index in [9.17, 15) is 4.79 Å². The fourth-order valence-electron chi connectivity index (χ4n) is 2.57. The number of anilines is 2. The minimum Gasteiger partial charge on any atom is -0.370 e. The molecule has 2 rings (SSSR count). The van der Waals surface area contributed by atoms with E-state index in [1.165, 1.54) is 0 Å². The molecule has 2 unspecified atom stereocenters. The SMILES string of the molecule is CCN(CC(C)C#N)c1cc2c(cc1Br)C(NC)C(=O)N2. The number of carbonyl (C=O) groups is 1. The molecule has 1 aromatic carbocycles. The molecule has 0 spiro atoms. The van der Waals surface area contributed by atoms with Gasteiger partial charge in [-0.25, -0.2) is 0 Å². The number of nitrogens with one attached hydrogen (secondary N) is 2. The first-order valence-corrected chi connectivity index (χ1v) is 7.77. The van der Waals surface area contributed by atoms with Crippen molar-refractivity contribution in [3.8, 4) is 6.07 Å². The van der Waals surface area contributed by atoms with E-state index < -0.39 is 0 Å². The summed E-state index contributed by atoms with van der Waals surface area (Å²) in [5.41, 5.74) is 2.78. The maximum atomic E-state index is 11.9. The first-order chi connectivity index (χ1) is 10.0. The average molecular weight is 351 g/mol. The van der Waals surface area contributed by atoms with E-state index >= 15 is 0 Å². The Morgan fingerprint density at radius 1 is 1.57 bits per heavy atom. The maximum Gasteiger partial charge on any atom is 0.246 e. The predicted molar refractivity (Wildman–Crippen MR) is 87.2 cm³/mol. The van der Waals surface area contributed by atoms with Gasteiger partial charge in [-0.15, -0.1) is 0 Å². The summed E-state index contributed by atoms with van der Waals surface area (Å²) in [6, 6.07) is 5.90. The number of hydrogen-bond acceptors (Lipinski definition) is 4. The zero-order valence-corrected chi connectivity index (χ0v) is 14.0. The van der Waals surface area contributed by atoms with Crippen LogP contribution in [0.15, 0.2) is 16.6 Å². The molecule has 6 heteroatoms. The molecule has 1 heterocycles. The molecule has 1 amide bonds. The highest BCUT2D eigenvalue weighted by Gasteiger charge is 2.30. The summed E-state index contributed by atoms with van der Waals surface area (Å²) in [5.74, 6) is -0.0882. The Morgan fingerprint density at radius 3 is 2.86 bits per heavy atom. The zero-order chi connectivity index (χ0) is 15.6. The lowest BCUT2D eigenvalue weighted by atomic mass is 10.1. The number of likely N-dealkylation sites (N-methyl/N-ethyl adjacent to an activating group) is 1. The fourth-order valence-corrected chi connectivity index (χ4v) is 3.18. The number of halogens is 1. The molecule has 0 aromatic heterocycles. The topological polar surface area (TPSA) is 68.2 Å². The van der Waals surface area contributed by atoms with E-state index in [2.05, 4.69) is 44.5 Å². The Labute approximate surface area is 133 Å². The van der Waals surface area contributed by atoms with Crippen molar-refractivity contribution in [2.45, 2.75) is 19.9 Å². The van der Waals surface area contributed by atoms with Crippen molar-refractivity contribution >= 4 is 33.2 Å². The summed E-state index contributed by atoms with van der Waals surface area (Å²) < 4.78 is 0.935. The number of amides is 1. The monoisotopic (exact) mass is 350 g/mol. The van der Waals surface area contributed by atoms with E-state index in [1.54, 1.807) is 7.05 Å². The maximum absolute atomic E-state index is 11.9. The van der Waals surface area contributed by atoms with Gasteiger partial charge in [0.05, 0.1) is 17.7 Å². The Bertz CT molecular complexity index is 596. The Hall–Kier alpha value is -1.58. The van der Waals surface area contributed by atoms with E-state index in [4.69, 9.17) is 5.26 Å². The number of hydrogen-bond donors (Lipinski definition) is 2. The van der Waals surface area contributed by atoms with Crippen molar-refractivity contribution in [3.63, 3.8) is 0 Å². The largest absolute Gasteiger partial charge is 0.370 e. The molecule has 2 atom stereocenters. The molecule has 5 nitrogen and oxygen atoms in total. The molecular formula is C15H19BrN4O. The highest BCUT2D eigenvalue weighted by atomic mass is 79.9. The van der Waals surface area contributed by atoms with Gasteiger partial charge >= 0.3 is 0 Å². The van der Waals surface area contributed by atoms with Crippen molar-refractivity contribution in [2.24, 2.45) is 5.92 Å². The van der Waals surface area contributed by atoms with E-state index in [1.807, 2.05) is 19.1 Å². The second-order valence-electron chi connectivity index (χ2n) is 5.17. The van der Waals surface area contributed by atoms with Gasteiger partial charge in [-0.05, 0) is 49.0 Å². The smallest absolute Gasteiger partial charge is 0.246 e. The Kier molecular flexibility index (Phi) is 4.86. The molecule has 1 aromatic rings. The van der Waals surface area contributed by atoms with Crippen molar-refractivity contribution in [2.75, 3.05) is 30.4 Å². The van der Waals surface area contributed by atoms with Crippen molar-refractivity contribution in [3.05, 3.63) is 22.2 Å². The Morgan fingerprint density at radius 2 is 2.29 bits per heavy atom. The molecule has 0 saturated carbocycles. The number of fused-ring (bicyclic) bond motifs is 1. The number of nitriles is 1. The predicted octanol–water partition coefficient (Wildman–Crippen LogP) is 2.65. The molecule has 0 aliphatic carbocycles. The lowest BCUT2D eigenvalue weighted by Gasteiger charge is -2.26. The summed E-state index contributed by atoms with van der Waals surface area (Å²) in [7, 11) is 1.77. The van der Waals surface area contributed by atoms with Gasteiger partial charge in [0.1, 0.15) is 6.04 Å². The highest BCUT2D eigenvalue weighted by molar-refractivity contribution is 9.10. The molecule has 0 saturated heterocycles. The van der Waals surface area contributed by atoms with Gasteiger partial charge in [0.2, 0.25) is 5.91 Å². The summed E-state index contributed by atoms with van der Waals surface area (Å²) in [6.07, 6.45) is 0. The van der Waals surface area contributed by atoms with Crippen molar-refractivity contribution in [1.82, 2.24) is 5.32 Å². The van der Waals surface area contributed by atoms with Gasteiger partial charge in [0.25, 0.3) is 0 Å². The molecule has 1 aliphatic heterocycles. The van der Waals surface area contributed by atoms with Gasteiger partial charge in [-0.2, -0.15) is 5.26 Å². The number of nitrogens with zero attached hydrogens (tertiary/aromatic N) is 2. The van der Waals surface area contributed by atoms with E-state index in [0.29, 0.717) is 6.54 Å². The van der Waals surface area contributed by atoms with Crippen molar-refractivity contribution in [1.29, 1.82) is 5.26 Å². The third-order valence-electron chi connectivity index (χ3n) is 3.68. The van der Waals surface area contributed by atoms with Crippen LogP contribution < -0.4 is 15.5 Å². The summed E-state index contributed by atoms with van der Waals surface area (Å²) in [5, 5.41) is 14.9. The second-order valence-corrected chi connectivity index (χ2v) is 6.02. The molecule has 0 radical (unpaired) electrons. The van der Waals surface area contributed by atoms with Gasteiger partial charge in [0, 0.05) is 28.8 Å². The molecule has 2 N–H and O–H groups in total. The molecule has 112 valence electrons. The molecule has 21 heavy (non-hydrogen) atoms. The molecule has 0 bridgehead atoms. The van der Waals surface area contributed by atoms with E-state index in [0.717, 1.165) is 28.0 Å². The van der Waals surface area contributed by atoms with Crippen molar-refractivity contribution < 1.29 is 4.79 Å². The number of benzene rings is 1. The summed E-state index contributed by atoms with van der Waals surface area (Å²) in [4.78, 5) is 14.0. The van der Waals surface area contributed by atoms with Crippen LogP contribution in [0.5, 0.6) is 0 Å². The lowest BCUT2D eigenvalue weighted by Crippen LogP contribution is -2.28. The average Bonchev–Trinajstić information content (AvgIpc) is 2.78. The minimum atomic E-state index is -0.307. The Balaban J connectivity index is 2.37. The highest BCUT2D eigenvalue weighted by Crippen LogP contribution is 2.39.